The molecule has 0 heterocycles. The van der Waals surface area contributed by atoms with Crippen LogP contribution in [-0.4, -0.2) is 86.6 Å². The summed E-state index contributed by atoms with van der Waals surface area (Å²) >= 11 is 0. The average molecular weight is 354 g/mol. The molecular formula is H7BaBr2ClLi2. The molecule has 0 rings (SSSR count). The molecule has 0 aliphatic rings. The zero-order chi connectivity index (χ0) is 0. The van der Waals surface area contributed by atoms with E-state index < -0.39 is 0 Å². The van der Waals surface area contributed by atoms with E-state index in [0.29, 0.717) is 0 Å². The maximum absolute atomic E-state index is 0. The summed E-state index contributed by atoms with van der Waals surface area (Å²) in [5.74, 6) is 0. The molecule has 0 aromatic heterocycles. The average Bonchev–Trinajstić information content (AvgIpc) is 0. The van der Waals surface area contributed by atoms with Crippen molar-refractivity contribution in [2.24, 2.45) is 0 Å². The number of rotatable bonds is 0. The zero-order valence-electron chi connectivity index (χ0n) is 1.22. The molecule has 0 saturated carbocycles. The predicted molar refractivity (Wildman–Crippen MR) is 50.7 cm³/mol. The van der Waals surface area contributed by atoms with Gasteiger partial charge in [0.1, 0.15) is 0 Å². The minimum atomic E-state index is 0. The second kappa shape index (κ2) is 35.9. The van der Waals surface area contributed by atoms with Crippen molar-refractivity contribution in [1.29, 1.82) is 0 Å². The van der Waals surface area contributed by atoms with Crippen molar-refractivity contribution in [2.45, 2.75) is 0 Å². The topological polar surface area (TPSA) is 0 Å². The maximum atomic E-state index is 0. The summed E-state index contributed by atoms with van der Waals surface area (Å²) in [6.45, 7) is 0. The van der Waals surface area contributed by atoms with Gasteiger partial charge in [-0.2, -0.15) is 0 Å². The first-order chi connectivity index (χ1) is 0. The van der Waals surface area contributed by atoms with Crippen molar-refractivity contribution in [3.63, 3.8) is 0 Å². The Morgan fingerprint density at radius 2 is 0.667 bits per heavy atom. The standard InChI is InChI=1S/Ba.2BrH.ClH.2Li.4H/h;3*1H;;;;;;. The first-order valence-electron chi connectivity index (χ1n) is 0. The van der Waals surface area contributed by atoms with Gasteiger partial charge in [0.05, 0.1) is 0 Å². The van der Waals surface area contributed by atoms with Crippen molar-refractivity contribution >= 4 is 133 Å². The molecule has 0 fully saturated rings. The van der Waals surface area contributed by atoms with E-state index in [9.17, 15) is 0 Å². The summed E-state index contributed by atoms with van der Waals surface area (Å²) in [7, 11) is 0. The fourth-order valence-corrected chi connectivity index (χ4v) is 0. The van der Waals surface area contributed by atoms with Crippen molar-refractivity contribution in [3.05, 3.63) is 0 Å². The Morgan fingerprint density at radius 1 is 0.667 bits per heavy atom. The van der Waals surface area contributed by atoms with Gasteiger partial charge in [-0.25, -0.2) is 0 Å². The van der Waals surface area contributed by atoms with Crippen molar-refractivity contribution < 1.29 is 0 Å². The van der Waals surface area contributed by atoms with Gasteiger partial charge in [0.15, 0.2) is 0 Å². The Labute approximate surface area is 130 Å². The van der Waals surface area contributed by atoms with Gasteiger partial charge in [0.2, 0.25) is 0 Å². The number of halogens is 3. The van der Waals surface area contributed by atoms with Crippen LogP contribution in [0.5, 0.6) is 0 Å². The van der Waals surface area contributed by atoms with Crippen LogP contribution in [0.2, 0.25) is 0 Å². The van der Waals surface area contributed by atoms with Crippen LogP contribution in [-0.2, 0) is 0 Å². The molecule has 0 aliphatic carbocycles. The van der Waals surface area contributed by atoms with E-state index in [1.165, 1.54) is 0 Å². The first-order valence-corrected chi connectivity index (χ1v) is 0. The summed E-state index contributed by atoms with van der Waals surface area (Å²) in [6.07, 6.45) is 0. The van der Waals surface area contributed by atoms with Gasteiger partial charge in [-0.3, -0.25) is 0 Å². The third-order valence-corrected chi connectivity index (χ3v) is 0. The van der Waals surface area contributed by atoms with Crippen LogP contribution in [0.3, 0.4) is 0 Å². The van der Waals surface area contributed by atoms with E-state index in [1.807, 2.05) is 0 Å². The number of hydrogen-bond donors (Lipinski definition) is 0. The van der Waals surface area contributed by atoms with E-state index >= 15 is 0 Å². The second-order valence-corrected chi connectivity index (χ2v) is 0. The molecule has 32 valence electrons. The van der Waals surface area contributed by atoms with Crippen molar-refractivity contribution in [1.82, 2.24) is 0 Å². The molecule has 0 N–H and O–H groups in total. The molecular weight excluding hydrogens is 346 g/mol. The normalized spacial score (nSPS) is 0. The third kappa shape index (κ3) is 24.5. The second-order valence-electron chi connectivity index (χ2n) is 0. The Kier molecular flexibility index (Phi) is 302. The van der Waals surface area contributed by atoms with Gasteiger partial charge in [-0.05, 0) is 0 Å². The molecule has 0 amide bonds. The summed E-state index contributed by atoms with van der Waals surface area (Å²) < 4.78 is 0. The summed E-state index contributed by atoms with van der Waals surface area (Å²) in [5.41, 5.74) is 0. The van der Waals surface area contributed by atoms with Crippen molar-refractivity contribution in [2.75, 3.05) is 0 Å². The Balaban J connectivity index is 0. The van der Waals surface area contributed by atoms with Crippen LogP contribution < -0.4 is 0 Å². The molecule has 0 spiro atoms. The van der Waals surface area contributed by atoms with Crippen LogP contribution in [0, 0.1) is 0 Å². The summed E-state index contributed by atoms with van der Waals surface area (Å²) in [6, 6.07) is 0. The first kappa shape index (κ1) is 50.5. The van der Waals surface area contributed by atoms with Gasteiger partial charge in [-0.15, -0.1) is 46.4 Å². The Bertz CT molecular complexity index is 11.5. The molecule has 6 heavy (non-hydrogen) atoms. The van der Waals surface area contributed by atoms with Crippen LogP contribution in [0.1, 0.15) is 0 Å². The van der Waals surface area contributed by atoms with E-state index in [-0.39, 0.29) is 133 Å². The molecule has 0 nitrogen and oxygen atoms in total. The van der Waals surface area contributed by atoms with Gasteiger partial charge in [0.25, 0.3) is 0 Å². The van der Waals surface area contributed by atoms with Crippen molar-refractivity contribution in [3.8, 4) is 0 Å². The monoisotopic (exact) mass is 352 g/mol. The van der Waals surface area contributed by atoms with Crippen LogP contribution in [0.25, 0.3) is 0 Å². The Hall–Kier alpha value is 4.02. The van der Waals surface area contributed by atoms with Crippen LogP contribution in [0.15, 0.2) is 0 Å². The summed E-state index contributed by atoms with van der Waals surface area (Å²) in [4.78, 5) is 0. The quantitative estimate of drug-likeness (QED) is 0.509. The van der Waals surface area contributed by atoms with E-state index in [0.717, 1.165) is 0 Å². The molecule has 0 aliphatic heterocycles. The molecule has 0 aromatic rings. The van der Waals surface area contributed by atoms with Gasteiger partial charge in [0, 0.05) is 0 Å². The SMILES string of the molecule is Br.Br.Cl.[BaH2].[LiH].[LiH]. The summed E-state index contributed by atoms with van der Waals surface area (Å²) in [5, 5.41) is 0. The molecule has 0 atom stereocenters. The van der Waals surface area contributed by atoms with Gasteiger partial charge < -0.3 is 0 Å². The third-order valence-electron chi connectivity index (χ3n) is 0. The van der Waals surface area contributed by atoms with E-state index in [1.54, 1.807) is 0 Å². The number of hydrogen-bond acceptors (Lipinski definition) is 0. The minimum absolute atomic E-state index is 0. The van der Waals surface area contributed by atoms with Crippen LogP contribution >= 0.6 is 46.4 Å². The molecule has 6 heteroatoms. The fourth-order valence-electron chi connectivity index (χ4n) is 0. The zero-order valence-corrected chi connectivity index (χ0v) is 5.47. The fraction of sp³-hybridized carbons (Fsp3) is 0. The van der Waals surface area contributed by atoms with Gasteiger partial charge in [-0.1, -0.05) is 0 Å². The predicted octanol–water partition coefficient (Wildman–Crippen LogP) is -0.636. The molecule has 0 aromatic carbocycles. The molecule has 0 radical (unpaired) electrons. The molecule has 0 unspecified atom stereocenters. The Morgan fingerprint density at radius 3 is 0.667 bits per heavy atom. The van der Waals surface area contributed by atoms with E-state index in [2.05, 4.69) is 0 Å². The molecule has 0 bridgehead atoms. The van der Waals surface area contributed by atoms with Gasteiger partial charge >= 0.3 is 86.6 Å². The van der Waals surface area contributed by atoms with E-state index in [4.69, 9.17) is 0 Å². The molecule has 0 saturated heterocycles. The van der Waals surface area contributed by atoms with Crippen LogP contribution in [0.4, 0.5) is 0 Å².